The van der Waals surface area contributed by atoms with Gasteiger partial charge in [-0.1, -0.05) is 13.8 Å². The third kappa shape index (κ3) is 4.24. The Kier molecular flexibility index (Phi) is 5.25. The van der Waals surface area contributed by atoms with Gasteiger partial charge in [-0.15, -0.1) is 0 Å². The third-order valence-corrected chi connectivity index (χ3v) is 3.03. The summed E-state index contributed by atoms with van der Waals surface area (Å²) in [6, 6.07) is -0.876. The van der Waals surface area contributed by atoms with Gasteiger partial charge in [-0.25, -0.2) is 9.59 Å². The van der Waals surface area contributed by atoms with Gasteiger partial charge in [0, 0.05) is 13.1 Å². The maximum Gasteiger partial charge on any atom is 0.326 e. The van der Waals surface area contributed by atoms with Gasteiger partial charge in [0.15, 0.2) is 0 Å². The summed E-state index contributed by atoms with van der Waals surface area (Å²) in [6.07, 6.45) is 3.35. The Hall–Kier alpha value is -1.26. The number of nitrogens with zero attached hydrogens (tertiary/aromatic N) is 1. The lowest BCUT2D eigenvalue weighted by molar-refractivity contribution is -0.141. The maximum absolute atomic E-state index is 11.8. The summed E-state index contributed by atoms with van der Waals surface area (Å²) in [5.74, 6) is -0.273. The van der Waals surface area contributed by atoms with Gasteiger partial charge in [0.05, 0.1) is 0 Å². The number of urea groups is 1. The van der Waals surface area contributed by atoms with E-state index in [2.05, 4.69) is 19.2 Å². The smallest absolute Gasteiger partial charge is 0.326 e. The van der Waals surface area contributed by atoms with Crippen LogP contribution in [-0.2, 0) is 4.79 Å². The molecule has 0 aromatic rings. The van der Waals surface area contributed by atoms with Crippen molar-refractivity contribution >= 4 is 12.0 Å². The fraction of sp³-hybridized carbons (Fsp3) is 0.833. The lowest BCUT2D eigenvalue weighted by Crippen LogP contribution is -2.46. The maximum atomic E-state index is 11.8. The van der Waals surface area contributed by atoms with Crippen molar-refractivity contribution in [3.8, 4) is 0 Å². The summed E-state index contributed by atoms with van der Waals surface area (Å²) in [5.41, 5.74) is 0. The molecule has 98 valence electrons. The van der Waals surface area contributed by atoms with Crippen molar-refractivity contribution in [1.29, 1.82) is 0 Å². The minimum atomic E-state index is -0.903. The molecule has 0 radical (unpaired) electrons. The summed E-state index contributed by atoms with van der Waals surface area (Å²) in [7, 11) is 0. The number of rotatable bonds is 5. The van der Waals surface area contributed by atoms with Gasteiger partial charge in [-0.2, -0.15) is 0 Å². The number of aliphatic carboxylic acids is 1. The standard InChI is InChI=1S/C12H22N2O3/c1-9(2)5-3-7-13-12(17)14-8-4-6-10(14)11(15)16/h9-10H,3-8H2,1-2H3,(H,13,17)(H,15,16). The van der Waals surface area contributed by atoms with Gasteiger partial charge in [-0.3, -0.25) is 0 Å². The highest BCUT2D eigenvalue weighted by molar-refractivity contribution is 5.83. The van der Waals surface area contributed by atoms with Gasteiger partial charge in [-0.05, 0) is 31.6 Å². The largest absolute Gasteiger partial charge is 0.480 e. The quantitative estimate of drug-likeness (QED) is 0.721. The first kappa shape index (κ1) is 13.8. The molecule has 1 aliphatic rings. The molecule has 0 aromatic heterocycles. The van der Waals surface area contributed by atoms with E-state index in [0.29, 0.717) is 25.4 Å². The monoisotopic (exact) mass is 242 g/mol. The molecule has 0 aliphatic carbocycles. The van der Waals surface area contributed by atoms with Crippen molar-refractivity contribution < 1.29 is 14.7 Å². The Balaban J connectivity index is 2.29. The molecular weight excluding hydrogens is 220 g/mol. The molecule has 2 N–H and O–H groups in total. The van der Waals surface area contributed by atoms with Crippen LogP contribution in [-0.4, -0.2) is 41.1 Å². The van der Waals surface area contributed by atoms with E-state index >= 15 is 0 Å². The molecule has 0 aromatic carbocycles. The summed E-state index contributed by atoms with van der Waals surface area (Å²) >= 11 is 0. The molecule has 17 heavy (non-hydrogen) atoms. The van der Waals surface area contributed by atoms with Crippen LogP contribution in [0.15, 0.2) is 0 Å². The molecular formula is C12H22N2O3. The second kappa shape index (κ2) is 6.47. The van der Waals surface area contributed by atoms with E-state index in [0.717, 1.165) is 19.3 Å². The normalized spacial score (nSPS) is 19.7. The van der Waals surface area contributed by atoms with Gasteiger partial charge in [0.1, 0.15) is 6.04 Å². The number of hydrogen-bond acceptors (Lipinski definition) is 2. The van der Waals surface area contributed by atoms with Crippen molar-refractivity contribution in [1.82, 2.24) is 10.2 Å². The first-order chi connectivity index (χ1) is 8.02. The third-order valence-electron chi connectivity index (χ3n) is 3.03. The minimum Gasteiger partial charge on any atom is -0.480 e. The van der Waals surface area contributed by atoms with E-state index in [9.17, 15) is 9.59 Å². The SMILES string of the molecule is CC(C)CCCNC(=O)N1CCCC1C(=O)O. The Labute approximate surface area is 102 Å². The van der Waals surface area contributed by atoms with Crippen LogP contribution in [0.5, 0.6) is 0 Å². The van der Waals surface area contributed by atoms with Crippen LogP contribution >= 0.6 is 0 Å². The Bertz CT molecular complexity index is 279. The highest BCUT2D eigenvalue weighted by Crippen LogP contribution is 2.17. The number of hydrogen-bond donors (Lipinski definition) is 2. The summed E-state index contributed by atoms with van der Waals surface area (Å²) in [4.78, 5) is 24.1. The molecule has 5 nitrogen and oxygen atoms in total. The van der Waals surface area contributed by atoms with Gasteiger partial charge < -0.3 is 15.3 Å². The van der Waals surface area contributed by atoms with Crippen molar-refractivity contribution in [2.75, 3.05) is 13.1 Å². The Morgan fingerprint density at radius 3 is 2.76 bits per heavy atom. The second-order valence-electron chi connectivity index (χ2n) is 4.96. The molecule has 2 amide bonds. The van der Waals surface area contributed by atoms with E-state index < -0.39 is 12.0 Å². The minimum absolute atomic E-state index is 0.237. The van der Waals surface area contributed by atoms with Crippen LogP contribution in [0.2, 0.25) is 0 Å². The van der Waals surface area contributed by atoms with E-state index in [4.69, 9.17) is 5.11 Å². The molecule has 1 saturated heterocycles. The average Bonchev–Trinajstić information content (AvgIpc) is 2.72. The number of likely N-dealkylation sites (tertiary alicyclic amines) is 1. The number of nitrogens with one attached hydrogen (secondary N) is 1. The van der Waals surface area contributed by atoms with Crippen LogP contribution < -0.4 is 5.32 Å². The lowest BCUT2D eigenvalue weighted by atomic mass is 10.1. The predicted molar refractivity (Wildman–Crippen MR) is 64.8 cm³/mol. The van der Waals surface area contributed by atoms with E-state index in [-0.39, 0.29) is 6.03 Å². The van der Waals surface area contributed by atoms with Crippen LogP contribution in [0, 0.1) is 5.92 Å². The van der Waals surface area contributed by atoms with Crippen LogP contribution in [0.25, 0.3) is 0 Å². The summed E-state index contributed by atoms with van der Waals surface area (Å²) < 4.78 is 0. The van der Waals surface area contributed by atoms with Gasteiger partial charge >= 0.3 is 12.0 Å². The molecule has 1 fully saturated rings. The highest BCUT2D eigenvalue weighted by atomic mass is 16.4. The van der Waals surface area contributed by atoms with Crippen molar-refractivity contribution in [3.63, 3.8) is 0 Å². The van der Waals surface area contributed by atoms with Gasteiger partial charge in [0.2, 0.25) is 0 Å². The van der Waals surface area contributed by atoms with E-state index in [1.54, 1.807) is 0 Å². The van der Waals surface area contributed by atoms with Crippen molar-refractivity contribution in [3.05, 3.63) is 0 Å². The zero-order valence-corrected chi connectivity index (χ0v) is 10.6. The van der Waals surface area contributed by atoms with Crippen LogP contribution in [0.3, 0.4) is 0 Å². The van der Waals surface area contributed by atoms with E-state index in [1.165, 1.54) is 4.90 Å². The van der Waals surface area contributed by atoms with E-state index in [1.807, 2.05) is 0 Å². The zero-order chi connectivity index (χ0) is 12.8. The number of carbonyl (C=O) groups is 2. The first-order valence-electron chi connectivity index (χ1n) is 6.29. The molecule has 0 bridgehead atoms. The molecule has 0 saturated carbocycles. The molecule has 1 unspecified atom stereocenters. The number of amides is 2. The highest BCUT2D eigenvalue weighted by Gasteiger charge is 2.33. The fourth-order valence-corrected chi connectivity index (χ4v) is 2.07. The Morgan fingerprint density at radius 1 is 1.47 bits per heavy atom. The molecule has 1 atom stereocenters. The number of carbonyl (C=O) groups excluding carboxylic acids is 1. The van der Waals surface area contributed by atoms with Crippen LogP contribution in [0.4, 0.5) is 4.79 Å². The van der Waals surface area contributed by atoms with Crippen LogP contribution in [0.1, 0.15) is 39.5 Å². The molecule has 1 heterocycles. The molecule has 5 heteroatoms. The van der Waals surface area contributed by atoms with Crippen molar-refractivity contribution in [2.45, 2.75) is 45.6 Å². The molecule has 0 spiro atoms. The van der Waals surface area contributed by atoms with Crippen molar-refractivity contribution in [2.24, 2.45) is 5.92 Å². The topological polar surface area (TPSA) is 69.6 Å². The summed E-state index contributed by atoms with van der Waals surface area (Å²) in [5, 5.41) is 11.7. The number of carboxylic acid groups (broad SMARTS) is 1. The lowest BCUT2D eigenvalue weighted by Gasteiger charge is -2.21. The number of carboxylic acids is 1. The molecule has 1 rings (SSSR count). The summed E-state index contributed by atoms with van der Waals surface area (Å²) in [6.45, 7) is 5.46. The average molecular weight is 242 g/mol. The predicted octanol–water partition coefficient (Wildman–Crippen LogP) is 1.68. The van der Waals surface area contributed by atoms with Gasteiger partial charge in [0.25, 0.3) is 0 Å². The Morgan fingerprint density at radius 2 is 2.18 bits per heavy atom. The second-order valence-corrected chi connectivity index (χ2v) is 4.96. The first-order valence-corrected chi connectivity index (χ1v) is 6.29. The zero-order valence-electron chi connectivity index (χ0n) is 10.6. The fourth-order valence-electron chi connectivity index (χ4n) is 2.07. The molecule has 1 aliphatic heterocycles.